The summed E-state index contributed by atoms with van der Waals surface area (Å²) in [6.45, 7) is 8.73. The Morgan fingerprint density at radius 3 is 1.54 bits per heavy atom. The maximum absolute atomic E-state index is 12.2. The van der Waals surface area contributed by atoms with Gasteiger partial charge in [0.25, 0.3) is 0 Å². The summed E-state index contributed by atoms with van der Waals surface area (Å²) in [5, 5.41) is 31.9. The summed E-state index contributed by atoms with van der Waals surface area (Å²) >= 11 is 0. The average molecular weight is 1030 g/mol. The molecule has 16 nitrogen and oxygen atoms in total. The van der Waals surface area contributed by atoms with Gasteiger partial charge >= 0.3 is 36.0 Å². The number of carbonyl (C=O) groups excluding carboxylic acids is 3. The number of nitrogens with two attached hydrogens (primary N) is 1. The fraction of sp³-hybridized carbons (Fsp3) is 0.586. The number of anilines is 1. The van der Waals surface area contributed by atoms with Gasteiger partial charge in [-0.15, -0.1) is 0 Å². The molecule has 0 radical (unpaired) electrons. The van der Waals surface area contributed by atoms with E-state index in [0.717, 1.165) is 47.5 Å². The topological polar surface area (TPSA) is 226 Å². The van der Waals surface area contributed by atoms with Gasteiger partial charge in [0, 0.05) is 38.4 Å². The molecule has 2 heterocycles. The van der Waals surface area contributed by atoms with Gasteiger partial charge in [-0.05, 0) is 84.4 Å². The van der Waals surface area contributed by atoms with Crippen LogP contribution >= 0.6 is 0 Å². The molecule has 0 bridgehead atoms. The number of benzene rings is 3. The predicted molar refractivity (Wildman–Crippen MR) is 293 cm³/mol. The number of urea groups is 3. The van der Waals surface area contributed by atoms with Crippen LogP contribution in [0.1, 0.15) is 176 Å². The number of unbranched alkanes of at least 4 members (excludes halogenated alkanes) is 15. The molecule has 16 heteroatoms. The van der Waals surface area contributed by atoms with Crippen molar-refractivity contribution < 1.29 is 44.1 Å². The number of aliphatic carboxylic acids is 3. The minimum Gasteiger partial charge on any atom is -0.481 e. The molecule has 0 atom stereocenters. The summed E-state index contributed by atoms with van der Waals surface area (Å²) < 4.78 is 0. The number of nitrogens with one attached hydrogen (secondary N) is 2. The lowest BCUT2D eigenvalue weighted by atomic mass is 10.0. The fourth-order valence-corrected chi connectivity index (χ4v) is 8.98. The van der Waals surface area contributed by atoms with E-state index in [1.165, 1.54) is 143 Å². The first-order valence-corrected chi connectivity index (χ1v) is 27.6. The molecule has 1 fully saturated rings. The van der Waals surface area contributed by atoms with E-state index in [4.69, 9.17) is 21.2 Å². The van der Waals surface area contributed by atoms with Gasteiger partial charge in [-0.25, -0.2) is 20.2 Å². The van der Waals surface area contributed by atoms with Crippen LogP contribution in [0.3, 0.4) is 0 Å². The Kier molecular flexibility index (Phi) is 30.8. The smallest absolute Gasteiger partial charge is 0.332 e. The normalized spacial score (nSPS) is 12.6. The summed E-state index contributed by atoms with van der Waals surface area (Å²) in [6, 6.07) is 21.9. The van der Waals surface area contributed by atoms with Crippen molar-refractivity contribution in [3.05, 3.63) is 100 Å². The van der Waals surface area contributed by atoms with Crippen molar-refractivity contribution in [2.45, 2.75) is 182 Å². The number of fused-ring (bicyclic) bond motifs is 1. The van der Waals surface area contributed by atoms with Crippen molar-refractivity contribution in [3.8, 4) is 0 Å². The molecular formula is C58H89N7O9. The van der Waals surface area contributed by atoms with Crippen molar-refractivity contribution in [2.24, 2.45) is 5.84 Å². The van der Waals surface area contributed by atoms with Gasteiger partial charge in [0.05, 0.1) is 13.0 Å². The van der Waals surface area contributed by atoms with Crippen molar-refractivity contribution in [1.82, 2.24) is 25.4 Å². The van der Waals surface area contributed by atoms with Gasteiger partial charge < -0.3 is 35.8 Å². The summed E-state index contributed by atoms with van der Waals surface area (Å²) in [4.78, 5) is 72.4. The third-order valence-electron chi connectivity index (χ3n) is 13.3. The predicted octanol–water partition coefficient (Wildman–Crippen LogP) is 11.1. The summed E-state index contributed by atoms with van der Waals surface area (Å²) in [5.41, 5.74) is 8.17. The highest BCUT2D eigenvalue weighted by Gasteiger charge is 2.29. The Hall–Kier alpha value is -6.16. The van der Waals surface area contributed by atoms with Crippen molar-refractivity contribution in [3.63, 3.8) is 0 Å². The lowest BCUT2D eigenvalue weighted by Gasteiger charge is -2.18. The molecule has 74 heavy (non-hydrogen) atoms. The number of carbonyl (C=O) groups is 6. The molecule has 3 aromatic carbocycles. The standard InChI is InChI=1S/2C20H30N2O3.C18H29N3O3/c1-2-3-4-5-6-7-8-17-9-11-18(12-10-17)15-21-13-14-22(20(21)25)16-19(23)24;1-2-3-4-5-6-7-8-16-9-10-18-17(15-16)12-14-22(18)20(25)21-13-11-19(23)24;1-2-3-4-5-6-7-8-15-9-11-16(12-10-15)14-21(19)18(24)20-13-17(22)23/h9-12H,2-8,13-16H2,1H3,(H,23,24);9-10,15H,2-8,11-14H2,1H3,(H,21,25)(H,23,24);9-12H,2-8,13-14,19H2,1H3,(H,20,24)(H,22,23). The molecule has 0 aromatic heterocycles. The van der Waals surface area contributed by atoms with Crippen LogP contribution in [0, 0.1) is 0 Å². The number of carboxylic acid groups (broad SMARTS) is 3. The highest BCUT2D eigenvalue weighted by atomic mass is 16.4. The van der Waals surface area contributed by atoms with Gasteiger partial charge in [-0.3, -0.25) is 24.3 Å². The first kappa shape index (κ1) is 62.1. The second-order valence-electron chi connectivity index (χ2n) is 19.6. The van der Waals surface area contributed by atoms with Crippen LogP contribution < -0.4 is 21.4 Å². The van der Waals surface area contributed by atoms with Crippen LogP contribution in [-0.2, 0) is 53.2 Å². The quantitative estimate of drug-likeness (QED) is 0.0150. The first-order valence-electron chi connectivity index (χ1n) is 27.6. The second-order valence-corrected chi connectivity index (χ2v) is 19.6. The lowest BCUT2D eigenvalue weighted by Crippen LogP contribution is -2.45. The third kappa shape index (κ3) is 25.7. The number of carboxylic acids is 3. The zero-order valence-electron chi connectivity index (χ0n) is 44.9. The number of rotatable bonds is 32. The van der Waals surface area contributed by atoms with E-state index >= 15 is 0 Å². The first-order chi connectivity index (χ1) is 35.7. The molecule has 410 valence electrons. The molecule has 1 saturated heterocycles. The summed E-state index contributed by atoms with van der Waals surface area (Å²) in [6.07, 6.45) is 27.4. The maximum Gasteiger partial charge on any atom is 0.332 e. The Balaban J connectivity index is 0.000000293. The Morgan fingerprint density at radius 2 is 1.03 bits per heavy atom. The molecule has 0 unspecified atom stereocenters. The molecular weight excluding hydrogens is 939 g/mol. The van der Waals surface area contributed by atoms with E-state index in [0.29, 0.717) is 26.2 Å². The van der Waals surface area contributed by atoms with Crippen LogP contribution in [0.5, 0.6) is 0 Å². The van der Waals surface area contributed by atoms with Crippen LogP contribution in [-0.4, -0.2) is 105 Å². The molecule has 3 aromatic rings. The Morgan fingerprint density at radius 1 is 0.554 bits per heavy atom. The largest absolute Gasteiger partial charge is 0.481 e. The maximum atomic E-state index is 12.2. The van der Waals surface area contributed by atoms with E-state index in [1.54, 1.807) is 9.80 Å². The minimum atomic E-state index is -1.10. The number of amides is 6. The molecule has 0 spiro atoms. The minimum absolute atomic E-state index is 0.0520. The van der Waals surface area contributed by atoms with Gasteiger partial charge in [-0.2, -0.15) is 0 Å². The monoisotopic (exact) mass is 1030 g/mol. The Bertz CT molecular complexity index is 2120. The van der Waals surface area contributed by atoms with Crippen molar-refractivity contribution in [2.75, 3.05) is 44.2 Å². The van der Waals surface area contributed by atoms with E-state index in [-0.39, 0.29) is 38.1 Å². The zero-order valence-corrected chi connectivity index (χ0v) is 44.9. The van der Waals surface area contributed by atoms with E-state index < -0.39 is 30.5 Å². The number of nitrogens with zero attached hydrogens (tertiary/aromatic N) is 4. The van der Waals surface area contributed by atoms with Crippen molar-refractivity contribution >= 4 is 41.7 Å². The molecule has 7 N–H and O–H groups in total. The lowest BCUT2D eigenvalue weighted by molar-refractivity contribution is -0.138. The van der Waals surface area contributed by atoms with Gasteiger partial charge in [0.1, 0.15) is 13.1 Å². The van der Waals surface area contributed by atoms with Crippen LogP contribution in [0.15, 0.2) is 66.7 Å². The summed E-state index contributed by atoms with van der Waals surface area (Å²) in [7, 11) is 0. The van der Waals surface area contributed by atoms with Crippen molar-refractivity contribution in [1.29, 1.82) is 0 Å². The van der Waals surface area contributed by atoms with Crippen LogP contribution in [0.2, 0.25) is 0 Å². The van der Waals surface area contributed by atoms with Crippen LogP contribution in [0.25, 0.3) is 0 Å². The number of hydrogen-bond acceptors (Lipinski definition) is 7. The zero-order chi connectivity index (χ0) is 53.9. The molecule has 2 aliphatic heterocycles. The molecule has 5 rings (SSSR count). The highest BCUT2D eigenvalue weighted by molar-refractivity contribution is 5.94. The van der Waals surface area contributed by atoms with E-state index in [1.807, 2.05) is 18.2 Å². The highest BCUT2D eigenvalue weighted by Crippen LogP contribution is 2.29. The molecule has 6 amide bonds. The van der Waals surface area contributed by atoms with Gasteiger partial charge in [0.15, 0.2) is 0 Å². The summed E-state index contributed by atoms with van der Waals surface area (Å²) in [5.74, 6) is 2.67. The SMILES string of the molecule is CCCCCCCCc1ccc(CN(N)C(=O)NCC(=O)O)cc1.CCCCCCCCc1ccc(CN2CCN(CC(=O)O)C2=O)cc1.CCCCCCCCc1ccc2c(c1)CCN2C(=O)NCCC(=O)O. The van der Waals surface area contributed by atoms with Gasteiger partial charge in [0.2, 0.25) is 0 Å². The molecule has 0 saturated carbocycles. The molecule has 0 aliphatic carbocycles. The van der Waals surface area contributed by atoms with Crippen LogP contribution in [0.4, 0.5) is 20.1 Å². The molecule has 2 aliphatic rings. The third-order valence-corrected chi connectivity index (χ3v) is 13.3. The number of hydrogen-bond donors (Lipinski definition) is 6. The van der Waals surface area contributed by atoms with Gasteiger partial charge in [-0.1, -0.05) is 178 Å². The van der Waals surface area contributed by atoms with E-state index in [9.17, 15) is 28.8 Å². The van der Waals surface area contributed by atoms with E-state index in [2.05, 4.69) is 79.9 Å². The second kappa shape index (κ2) is 36.7. The average Bonchev–Trinajstić information content (AvgIpc) is 3.96. The number of hydrazine groups is 1. The number of aryl methyl sites for hydroxylation is 3. The fourth-order valence-electron chi connectivity index (χ4n) is 8.98. The Labute approximate surface area is 441 Å².